The van der Waals surface area contributed by atoms with Crippen LogP contribution < -0.4 is 0 Å². The maximum Gasteiger partial charge on any atom is 0.166 e. The van der Waals surface area contributed by atoms with Gasteiger partial charge < -0.3 is 5.11 Å². The molecule has 0 bridgehead atoms. The third kappa shape index (κ3) is 4.64. The largest absolute Gasteiger partial charge is 0.368 e. The molecular formula is C17H25NOS. The van der Waals surface area contributed by atoms with E-state index in [0.29, 0.717) is 5.75 Å². The molecule has 1 aromatic carbocycles. The maximum absolute atomic E-state index is 10.5. The molecule has 0 spiro atoms. The molecule has 0 amide bonds. The average molecular weight is 291 g/mol. The zero-order valence-corrected chi connectivity index (χ0v) is 13.2. The summed E-state index contributed by atoms with van der Waals surface area (Å²) in [4.78, 5) is 4.56. The van der Waals surface area contributed by atoms with E-state index in [1.165, 1.54) is 32.1 Å². The number of hydrogen-bond donors (Lipinski definition) is 1. The molecule has 1 aliphatic heterocycles. The summed E-state index contributed by atoms with van der Waals surface area (Å²) in [5, 5.41) is 11.5. The second-order valence-electron chi connectivity index (χ2n) is 5.57. The number of unbranched alkanes of at least 4 members (excludes halogenated alkanes) is 5. The molecule has 1 unspecified atom stereocenters. The molecule has 0 aliphatic carbocycles. The Balaban J connectivity index is 1.79. The van der Waals surface area contributed by atoms with Crippen molar-refractivity contribution in [3.8, 4) is 0 Å². The van der Waals surface area contributed by atoms with Gasteiger partial charge in [-0.15, -0.1) is 11.8 Å². The Labute approximate surface area is 126 Å². The van der Waals surface area contributed by atoms with Crippen LogP contribution in [0.1, 0.15) is 57.4 Å². The summed E-state index contributed by atoms with van der Waals surface area (Å²) in [6, 6.07) is 10.2. The molecule has 0 fully saturated rings. The van der Waals surface area contributed by atoms with Crippen molar-refractivity contribution in [2.75, 3.05) is 5.75 Å². The topological polar surface area (TPSA) is 32.6 Å². The molecule has 2 nitrogen and oxygen atoms in total. The Morgan fingerprint density at radius 2 is 1.80 bits per heavy atom. The van der Waals surface area contributed by atoms with Gasteiger partial charge in [0.25, 0.3) is 0 Å². The van der Waals surface area contributed by atoms with Gasteiger partial charge >= 0.3 is 0 Å². The number of rotatable bonds is 8. The summed E-state index contributed by atoms with van der Waals surface area (Å²) in [7, 11) is 0. The molecule has 0 saturated heterocycles. The molecule has 20 heavy (non-hydrogen) atoms. The molecule has 110 valence electrons. The normalized spacial score (nSPS) is 22.0. The van der Waals surface area contributed by atoms with Crippen LogP contribution in [0.15, 0.2) is 35.3 Å². The Bertz CT molecular complexity index is 432. The van der Waals surface area contributed by atoms with Gasteiger partial charge in [0.1, 0.15) is 5.04 Å². The predicted octanol–water partition coefficient (Wildman–Crippen LogP) is 4.62. The van der Waals surface area contributed by atoms with Gasteiger partial charge in [-0.05, 0) is 12.8 Å². The lowest BCUT2D eigenvalue weighted by Gasteiger charge is -2.17. The first kappa shape index (κ1) is 15.6. The molecule has 1 atom stereocenters. The monoisotopic (exact) mass is 291 g/mol. The average Bonchev–Trinajstić information content (AvgIpc) is 2.87. The fourth-order valence-corrected chi connectivity index (χ4v) is 3.60. The van der Waals surface area contributed by atoms with Crippen molar-refractivity contribution in [2.24, 2.45) is 4.99 Å². The van der Waals surface area contributed by atoms with Gasteiger partial charge in [0.2, 0.25) is 0 Å². The lowest BCUT2D eigenvalue weighted by atomic mass is 10.0. The molecule has 1 N–H and O–H groups in total. The second kappa shape index (κ2) is 7.84. The van der Waals surface area contributed by atoms with Gasteiger partial charge in [0, 0.05) is 11.3 Å². The van der Waals surface area contributed by atoms with Crippen LogP contribution in [0.3, 0.4) is 0 Å². The van der Waals surface area contributed by atoms with Gasteiger partial charge in [0.05, 0.1) is 0 Å². The Morgan fingerprint density at radius 1 is 1.10 bits per heavy atom. The third-order valence-corrected chi connectivity index (χ3v) is 4.91. The van der Waals surface area contributed by atoms with Gasteiger partial charge in [0.15, 0.2) is 5.72 Å². The SMILES string of the molecule is CCCCCCCCC1(O)CSC(c2ccccc2)=N1. The van der Waals surface area contributed by atoms with Crippen molar-refractivity contribution < 1.29 is 5.11 Å². The third-order valence-electron chi connectivity index (χ3n) is 3.70. The minimum atomic E-state index is -0.833. The highest BCUT2D eigenvalue weighted by molar-refractivity contribution is 8.14. The van der Waals surface area contributed by atoms with Crippen molar-refractivity contribution in [3.05, 3.63) is 35.9 Å². The molecule has 2 rings (SSSR count). The van der Waals surface area contributed by atoms with Gasteiger partial charge in [-0.1, -0.05) is 69.4 Å². The summed E-state index contributed by atoms with van der Waals surface area (Å²) in [6.07, 6.45) is 8.30. The number of aliphatic imine (C=N–C) groups is 1. The van der Waals surface area contributed by atoms with Gasteiger partial charge in [-0.2, -0.15) is 0 Å². The number of nitrogens with zero attached hydrogens (tertiary/aromatic N) is 1. The van der Waals surface area contributed by atoms with E-state index in [0.717, 1.165) is 23.4 Å². The molecular weight excluding hydrogens is 266 g/mol. The summed E-state index contributed by atoms with van der Waals surface area (Å²) in [5.41, 5.74) is 0.289. The second-order valence-corrected chi connectivity index (χ2v) is 6.54. The summed E-state index contributed by atoms with van der Waals surface area (Å²) in [6.45, 7) is 2.23. The van der Waals surface area contributed by atoms with Crippen LogP contribution in [-0.4, -0.2) is 21.6 Å². The van der Waals surface area contributed by atoms with E-state index in [9.17, 15) is 5.11 Å². The van der Waals surface area contributed by atoms with Gasteiger partial charge in [-0.25, -0.2) is 4.99 Å². The first-order valence-electron chi connectivity index (χ1n) is 7.74. The first-order chi connectivity index (χ1) is 9.73. The molecule has 1 aromatic rings. The highest BCUT2D eigenvalue weighted by Crippen LogP contribution is 2.32. The minimum Gasteiger partial charge on any atom is -0.368 e. The van der Waals surface area contributed by atoms with Crippen molar-refractivity contribution in [1.29, 1.82) is 0 Å². The van der Waals surface area contributed by atoms with E-state index in [4.69, 9.17) is 0 Å². The molecule has 1 aliphatic rings. The number of aliphatic hydroxyl groups is 1. The molecule has 0 radical (unpaired) electrons. The molecule has 3 heteroatoms. The van der Waals surface area contributed by atoms with Crippen molar-refractivity contribution >= 4 is 16.8 Å². The fraction of sp³-hybridized carbons (Fsp3) is 0.588. The first-order valence-corrected chi connectivity index (χ1v) is 8.72. The smallest absolute Gasteiger partial charge is 0.166 e. The zero-order chi connectivity index (χ0) is 14.3. The highest BCUT2D eigenvalue weighted by Gasteiger charge is 2.32. The predicted molar refractivity (Wildman–Crippen MR) is 88.4 cm³/mol. The van der Waals surface area contributed by atoms with Crippen LogP contribution in [0.25, 0.3) is 0 Å². The number of thioether (sulfide) groups is 1. The Hall–Kier alpha value is -0.800. The van der Waals surface area contributed by atoms with Crippen LogP contribution in [0.5, 0.6) is 0 Å². The van der Waals surface area contributed by atoms with E-state index < -0.39 is 5.72 Å². The van der Waals surface area contributed by atoms with Crippen molar-refractivity contribution in [2.45, 2.75) is 57.6 Å². The lowest BCUT2D eigenvalue weighted by molar-refractivity contribution is 0.0655. The summed E-state index contributed by atoms with van der Waals surface area (Å²) in [5.74, 6) is 0.701. The van der Waals surface area contributed by atoms with Gasteiger partial charge in [-0.3, -0.25) is 0 Å². The van der Waals surface area contributed by atoms with Crippen LogP contribution in [0.4, 0.5) is 0 Å². The highest BCUT2D eigenvalue weighted by atomic mass is 32.2. The van der Waals surface area contributed by atoms with Crippen molar-refractivity contribution in [3.63, 3.8) is 0 Å². The standard InChI is InChI=1S/C17H25NOS/c1-2-3-4-5-6-10-13-17(19)14-20-16(18-17)15-11-8-7-9-12-15/h7-9,11-12,19H,2-6,10,13-14H2,1H3. The number of hydrogen-bond acceptors (Lipinski definition) is 3. The molecule has 1 heterocycles. The minimum absolute atomic E-state index is 0.701. The van der Waals surface area contributed by atoms with Crippen molar-refractivity contribution in [1.82, 2.24) is 0 Å². The van der Waals surface area contributed by atoms with E-state index in [1.54, 1.807) is 11.8 Å². The maximum atomic E-state index is 10.5. The summed E-state index contributed by atoms with van der Waals surface area (Å²) < 4.78 is 0. The van der Waals surface area contributed by atoms with Crippen LogP contribution in [0, 0.1) is 0 Å². The molecule has 0 aromatic heterocycles. The van der Waals surface area contributed by atoms with Crippen LogP contribution >= 0.6 is 11.8 Å². The van der Waals surface area contributed by atoms with E-state index in [-0.39, 0.29) is 0 Å². The Morgan fingerprint density at radius 3 is 2.55 bits per heavy atom. The fourth-order valence-electron chi connectivity index (χ4n) is 2.48. The van der Waals surface area contributed by atoms with Crippen LogP contribution in [-0.2, 0) is 0 Å². The van der Waals surface area contributed by atoms with E-state index >= 15 is 0 Å². The zero-order valence-electron chi connectivity index (χ0n) is 12.3. The van der Waals surface area contributed by atoms with Crippen LogP contribution in [0.2, 0.25) is 0 Å². The summed E-state index contributed by atoms with van der Waals surface area (Å²) >= 11 is 1.67. The van der Waals surface area contributed by atoms with E-state index in [2.05, 4.69) is 24.0 Å². The Kier molecular flexibility index (Phi) is 6.11. The lowest BCUT2D eigenvalue weighted by Crippen LogP contribution is -2.25. The quantitative estimate of drug-likeness (QED) is 0.709. The number of benzene rings is 1. The molecule has 0 saturated carbocycles. The van der Waals surface area contributed by atoms with E-state index in [1.807, 2.05) is 18.2 Å².